The number of nitrogens with one attached hydrogen (secondary N) is 1. The summed E-state index contributed by atoms with van der Waals surface area (Å²) >= 11 is 0. The lowest BCUT2D eigenvalue weighted by Gasteiger charge is -2.23. The standard InChI is InChI=1S/C18H29N3O3S/c1-13-16(18(22)21-11-7-8-12-21)17(14(2)20(13)3)25(23,24)19-15-9-5-4-6-10-15/h15,19H,4-12H2,1-3H3. The molecule has 1 aliphatic carbocycles. The third-order valence-electron chi connectivity index (χ3n) is 5.73. The third-order valence-corrected chi connectivity index (χ3v) is 7.41. The molecule has 7 heteroatoms. The zero-order valence-electron chi connectivity index (χ0n) is 15.5. The number of carbonyl (C=O) groups excluding carboxylic acids is 1. The lowest BCUT2D eigenvalue weighted by Crippen LogP contribution is -2.37. The van der Waals surface area contributed by atoms with Gasteiger partial charge in [0.2, 0.25) is 10.0 Å². The highest BCUT2D eigenvalue weighted by Crippen LogP contribution is 2.29. The van der Waals surface area contributed by atoms with Crippen LogP contribution >= 0.6 is 0 Å². The van der Waals surface area contributed by atoms with Gasteiger partial charge in [-0.25, -0.2) is 13.1 Å². The van der Waals surface area contributed by atoms with E-state index in [-0.39, 0.29) is 16.8 Å². The number of hydrogen-bond acceptors (Lipinski definition) is 3. The summed E-state index contributed by atoms with van der Waals surface area (Å²) in [5.74, 6) is -0.150. The Morgan fingerprint density at radius 2 is 1.60 bits per heavy atom. The van der Waals surface area contributed by atoms with E-state index < -0.39 is 10.0 Å². The highest BCUT2D eigenvalue weighted by Gasteiger charge is 2.34. The summed E-state index contributed by atoms with van der Waals surface area (Å²) in [6.45, 7) is 5.03. The Balaban J connectivity index is 1.99. The van der Waals surface area contributed by atoms with Gasteiger partial charge in [0.1, 0.15) is 4.90 Å². The zero-order chi connectivity index (χ0) is 18.2. The molecule has 2 fully saturated rings. The molecule has 3 rings (SSSR count). The lowest BCUT2D eigenvalue weighted by molar-refractivity contribution is 0.0788. The average molecular weight is 368 g/mol. The first-order valence-corrected chi connectivity index (χ1v) is 10.8. The molecule has 0 atom stereocenters. The Bertz CT molecular complexity index is 755. The fraction of sp³-hybridized carbons (Fsp3) is 0.722. The van der Waals surface area contributed by atoms with Crippen LogP contribution in [0.3, 0.4) is 0 Å². The van der Waals surface area contributed by atoms with E-state index in [0.29, 0.717) is 24.3 Å². The van der Waals surface area contributed by atoms with Gasteiger partial charge < -0.3 is 9.47 Å². The van der Waals surface area contributed by atoms with Crippen LogP contribution in [0.4, 0.5) is 0 Å². The van der Waals surface area contributed by atoms with Crippen molar-refractivity contribution in [3.8, 4) is 0 Å². The molecule has 0 spiro atoms. The number of aromatic nitrogens is 1. The van der Waals surface area contributed by atoms with Gasteiger partial charge in [-0.15, -0.1) is 0 Å². The minimum atomic E-state index is -3.72. The molecule has 1 aromatic heterocycles. The molecule has 0 radical (unpaired) electrons. The molecule has 140 valence electrons. The summed E-state index contributed by atoms with van der Waals surface area (Å²) in [4.78, 5) is 15.0. The highest BCUT2D eigenvalue weighted by molar-refractivity contribution is 7.89. The summed E-state index contributed by atoms with van der Waals surface area (Å²) in [5.41, 5.74) is 1.70. The van der Waals surface area contributed by atoms with Crippen molar-refractivity contribution < 1.29 is 13.2 Å². The average Bonchev–Trinajstić information content (AvgIpc) is 3.18. The molecule has 1 aromatic rings. The minimum absolute atomic E-state index is 0.0200. The molecule has 0 bridgehead atoms. The zero-order valence-corrected chi connectivity index (χ0v) is 16.3. The van der Waals surface area contributed by atoms with E-state index in [0.717, 1.165) is 44.2 Å². The quantitative estimate of drug-likeness (QED) is 0.889. The van der Waals surface area contributed by atoms with E-state index in [4.69, 9.17) is 0 Å². The first kappa shape index (κ1) is 18.5. The predicted octanol–water partition coefficient (Wildman–Crippen LogP) is 2.49. The van der Waals surface area contributed by atoms with Crippen molar-refractivity contribution in [3.63, 3.8) is 0 Å². The molecular formula is C18H29N3O3S. The number of amides is 1. The van der Waals surface area contributed by atoms with E-state index in [1.807, 2.05) is 18.5 Å². The van der Waals surface area contributed by atoms with Gasteiger partial charge in [-0.2, -0.15) is 0 Å². The van der Waals surface area contributed by atoms with Crippen LogP contribution in [-0.2, 0) is 17.1 Å². The van der Waals surface area contributed by atoms with Crippen molar-refractivity contribution >= 4 is 15.9 Å². The lowest BCUT2D eigenvalue weighted by atomic mass is 9.96. The maximum Gasteiger partial charge on any atom is 0.257 e. The van der Waals surface area contributed by atoms with Gasteiger partial charge in [0.15, 0.2) is 0 Å². The molecule has 0 unspecified atom stereocenters. The largest absolute Gasteiger partial charge is 0.350 e. The first-order chi connectivity index (χ1) is 11.8. The van der Waals surface area contributed by atoms with Crippen LogP contribution in [0.1, 0.15) is 66.7 Å². The summed E-state index contributed by atoms with van der Waals surface area (Å²) in [6.07, 6.45) is 7.00. The van der Waals surface area contributed by atoms with Crippen LogP contribution < -0.4 is 4.72 Å². The van der Waals surface area contributed by atoms with Crippen LogP contribution in [0, 0.1) is 13.8 Å². The minimum Gasteiger partial charge on any atom is -0.350 e. The SMILES string of the molecule is Cc1c(C(=O)N2CCCC2)c(S(=O)(=O)NC2CCCCC2)c(C)n1C. The van der Waals surface area contributed by atoms with Gasteiger partial charge in [0.05, 0.1) is 5.56 Å². The summed E-state index contributed by atoms with van der Waals surface area (Å²) < 4.78 is 30.9. The number of sulfonamides is 1. The van der Waals surface area contributed by atoms with Gasteiger partial charge in [0.25, 0.3) is 5.91 Å². The van der Waals surface area contributed by atoms with Gasteiger partial charge >= 0.3 is 0 Å². The monoisotopic (exact) mass is 367 g/mol. The molecule has 2 aliphatic rings. The topological polar surface area (TPSA) is 71.4 Å². The molecule has 0 aromatic carbocycles. The van der Waals surface area contributed by atoms with Crippen molar-refractivity contribution in [3.05, 3.63) is 17.0 Å². The van der Waals surface area contributed by atoms with Crippen LogP contribution in [0.5, 0.6) is 0 Å². The Morgan fingerprint density at radius 1 is 1.00 bits per heavy atom. The van der Waals surface area contributed by atoms with E-state index >= 15 is 0 Å². The van der Waals surface area contributed by atoms with E-state index in [1.54, 1.807) is 11.8 Å². The smallest absolute Gasteiger partial charge is 0.257 e. The molecule has 1 aliphatic heterocycles. The van der Waals surface area contributed by atoms with Crippen molar-refractivity contribution in [1.29, 1.82) is 0 Å². The number of nitrogens with zero attached hydrogens (tertiary/aromatic N) is 2. The van der Waals surface area contributed by atoms with Crippen LogP contribution in [0.2, 0.25) is 0 Å². The summed E-state index contributed by atoms with van der Waals surface area (Å²) in [5, 5.41) is 0. The second-order valence-electron chi connectivity index (χ2n) is 7.39. The Hall–Kier alpha value is -1.34. The fourth-order valence-electron chi connectivity index (χ4n) is 4.07. The summed E-state index contributed by atoms with van der Waals surface area (Å²) in [7, 11) is -1.89. The maximum absolute atomic E-state index is 13.1. The fourth-order valence-corrected chi connectivity index (χ4v) is 5.90. The Kier molecular flexibility index (Phi) is 5.25. The highest BCUT2D eigenvalue weighted by atomic mass is 32.2. The van der Waals surface area contributed by atoms with Gasteiger partial charge in [-0.3, -0.25) is 4.79 Å². The van der Waals surface area contributed by atoms with Crippen LogP contribution in [0.25, 0.3) is 0 Å². The molecule has 6 nitrogen and oxygen atoms in total. The Morgan fingerprint density at radius 3 is 2.20 bits per heavy atom. The molecule has 25 heavy (non-hydrogen) atoms. The molecule has 1 amide bonds. The van der Waals surface area contributed by atoms with Gasteiger partial charge in [-0.05, 0) is 39.5 Å². The number of carbonyl (C=O) groups is 1. The van der Waals surface area contributed by atoms with Crippen molar-refractivity contribution in [2.24, 2.45) is 7.05 Å². The second-order valence-corrected chi connectivity index (χ2v) is 9.04. The maximum atomic E-state index is 13.1. The molecule has 1 N–H and O–H groups in total. The summed E-state index contributed by atoms with van der Waals surface area (Å²) in [6, 6.07) is -0.0200. The van der Waals surface area contributed by atoms with E-state index in [1.165, 1.54) is 6.42 Å². The Labute approximate surface area is 150 Å². The molecular weight excluding hydrogens is 338 g/mol. The predicted molar refractivity (Wildman–Crippen MR) is 97.2 cm³/mol. The molecule has 2 heterocycles. The molecule has 1 saturated heterocycles. The normalized spacial score (nSPS) is 19.6. The molecule has 1 saturated carbocycles. The van der Waals surface area contributed by atoms with Crippen molar-refractivity contribution in [1.82, 2.24) is 14.2 Å². The van der Waals surface area contributed by atoms with E-state index in [2.05, 4.69) is 4.72 Å². The van der Waals surface area contributed by atoms with Gasteiger partial charge in [-0.1, -0.05) is 19.3 Å². The van der Waals surface area contributed by atoms with Crippen molar-refractivity contribution in [2.45, 2.75) is 69.7 Å². The van der Waals surface area contributed by atoms with Crippen LogP contribution in [0.15, 0.2) is 4.90 Å². The van der Waals surface area contributed by atoms with Crippen LogP contribution in [-0.4, -0.2) is 42.9 Å². The number of rotatable bonds is 4. The van der Waals surface area contributed by atoms with E-state index in [9.17, 15) is 13.2 Å². The number of hydrogen-bond donors (Lipinski definition) is 1. The third kappa shape index (κ3) is 3.49. The second kappa shape index (κ2) is 7.11. The van der Waals surface area contributed by atoms with Crippen molar-refractivity contribution in [2.75, 3.05) is 13.1 Å². The number of likely N-dealkylation sites (tertiary alicyclic amines) is 1. The first-order valence-electron chi connectivity index (χ1n) is 9.30. The van der Waals surface area contributed by atoms with Gasteiger partial charge in [0, 0.05) is 37.6 Å².